The van der Waals surface area contributed by atoms with Crippen molar-refractivity contribution in [2.24, 2.45) is 5.41 Å². The van der Waals surface area contributed by atoms with Gasteiger partial charge in [-0.2, -0.15) is 0 Å². The normalized spacial score (nSPS) is 16.4. The molecule has 2 aliphatic rings. The molecule has 4 heterocycles. The van der Waals surface area contributed by atoms with Crippen LogP contribution in [-0.4, -0.2) is 179 Å². The summed E-state index contributed by atoms with van der Waals surface area (Å²) in [5, 5.41) is 12.1. The molecule has 2 aromatic heterocycles. The lowest BCUT2D eigenvalue weighted by atomic mass is 9.84. The Morgan fingerprint density at radius 2 is 1.33 bits per heavy atom. The van der Waals surface area contributed by atoms with E-state index in [1.165, 1.54) is 0 Å². The van der Waals surface area contributed by atoms with Gasteiger partial charge in [-0.15, -0.1) is 4.52 Å². The fourth-order valence-electron chi connectivity index (χ4n) is 9.05. The van der Waals surface area contributed by atoms with Crippen molar-refractivity contribution in [3.63, 3.8) is 0 Å². The largest absolute Gasteiger partial charge is 0.566 e. The predicted molar refractivity (Wildman–Crippen MR) is 331 cm³/mol. The monoisotopic (exact) mass is 1370 g/mol. The summed E-state index contributed by atoms with van der Waals surface area (Å²) >= 11 is 0. The van der Waals surface area contributed by atoms with Gasteiger partial charge in [0.15, 0.2) is 6.10 Å². The highest BCUT2D eigenvalue weighted by molar-refractivity contribution is 8.76. The van der Waals surface area contributed by atoms with Crippen LogP contribution in [0.25, 0.3) is 22.3 Å². The zero-order chi connectivity index (χ0) is 65.4. The van der Waals surface area contributed by atoms with Gasteiger partial charge in [-0.1, -0.05) is 54.7 Å². The molecule has 5 atom stereocenters. The van der Waals surface area contributed by atoms with E-state index in [1.807, 2.05) is 28.5 Å². The second-order valence-electron chi connectivity index (χ2n) is 21.5. The van der Waals surface area contributed by atoms with Crippen LogP contribution in [0.5, 0.6) is 5.75 Å². The number of pyridine rings is 2. The van der Waals surface area contributed by atoms with Crippen molar-refractivity contribution in [2.45, 2.75) is 124 Å². The molecule has 33 heteroatoms. The van der Waals surface area contributed by atoms with Crippen molar-refractivity contribution in [3.8, 4) is 17.1 Å². The van der Waals surface area contributed by atoms with Gasteiger partial charge in [0, 0.05) is 47.8 Å². The van der Waals surface area contributed by atoms with E-state index in [1.54, 1.807) is 56.5 Å². The Hall–Kier alpha value is -3.55. The zero-order valence-electron chi connectivity index (χ0n) is 51.9. The molecule has 1 amide bonds. The molecule has 90 heavy (non-hydrogen) atoms. The molecule has 4 unspecified atom stereocenters. The second-order valence-corrected chi connectivity index (χ2v) is 27.8. The molecule has 0 aliphatic carbocycles. The van der Waals surface area contributed by atoms with Crippen LogP contribution in [0.1, 0.15) is 115 Å². The van der Waals surface area contributed by atoms with E-state index >= 15 is 0 Å². The van der Waals surface area contributed by atoms with Crippen LogP contribution in [0.15, 0.2) is 29.1 Å². The number of ether oxygens (including phenoxy) is 9. The molecule has 0 saturated carbocycles. The van der Waals surface area contributed by atoms with Gasteiger partial charge in [0.25, 0.3) is 5.56 Å². The average Bonchev–Trinajstić information content (AvgIpc) is 1.45. The SMILES string of the molecule is CCc1c2c(nc3ccc(OC(=O)NCCCOCC(COP(=O)(O)OCCOCCOCCOCCOCCOCCOP(=O)(O)OCCCCCCSSCCCCCO)O[P+](=O)[O-])cc13)-c1cc3c(c(=O)n1C2)COC(=O)[C@@]3(CC)OC(=O)C(C)(C)C. The standard InChI is InChI=1S/C57H88N3O25P3S2/c1-6-44-45-36-42(16-17-49(45)59-51-46(44)38-60-50(51)37-48-47(52(60)62)41-78-54(64)57(48,7-2)84-53(63)56(3,4)5)83-55(65)58-18-15-20-77-39-43(85-86(66)67)40-82-88(70,71)81-33-31-76-29-27-74-25-23-72-22-24-73-26-28-75-30-32-80-87(68,69)79-21-12-8-9-13-34-89-90-35-14-10-11-19-61/h16-17,36-37,43,61H,6-15,18-35,38-41H2,1-5H3,(H,58,65)(H,68,69)(H,70,71)/t43?,57-/m0/s1. The van der Waals surface area contributed by atoms with E-state index in [0.29, 0.717) is 55.0 Å². The summed E-state index contributed by atoms with van der Waals surface area (Å²) in [7, 11) is -8.47. The van der Waals surface area contributed by atoms with Crippen molar-refractivity contribution < 1.29 is 113 Å². The summed E-state index contributed by atoms with van der Waals surface area (Å²) in [5.74, 6) is 0.998. The molecule has 3 aromatic rings. The number of amides is 1. The molecule has 1 aromatic carbocycles. The number of cyclic esters (lactones) is 1. The van der Waals surface area contributed by atoms with E-state index in [9.17, 15) is 47.6 Å². The third-order valence-electron chi connectivity index (χ3n) is 13.7. The summed E-state index contributed by atoms with van der Waals surface area (Å²) in [6.45, 7) is 9.68. The number of esters is 2. The molecule has 0 saturated heterocycles. The number of aromatic nitrogens is 2. The lowest BCUT2D eigenvalue weighted by Crippen LogP contribution is -2.48. The highest BCUT2D eigenvalue weighted by atomic mass is 33.1. The number of hydrogen-bond donors (Lipinski definition) is 4. The third kappa shape index (κ3) is 26.3. The summed E-state index contributed by atoms with van der Waals surface area (Å²) in [6.07, 6.45) is 5.46. The lowest BCUT2D eigenvalue weighted by molar-refractivity contribution is -0.194. The average molecular weight is 1370 g/mol. The number of benzene rings is 1. The van der Waals surface area contributed by atoms with E-state index in [0.717, 1.165) is 61.2 Å². The first-order valence-corrected chi connectivity index (χ1v) is 36.7. The maximum Gasteiger partial charge on any atom is 0.488 e. The first kappa shape index (κ1) is 77.2. The predicted octanol–water partition coefficient (Wildman–Crippen LogP) is 7.59. The number of nitrogens with zero attached hydrogens (tertiary/aromatic N) is 2. The number of aliphatic hydroxyl groups excluding tert-OH is 1. The van der Waals surface area contributed by atoms with Gasteiger partial charge in [-0.25, -0.2) is 23.7 Å². The quantitative estimate of drug-likeness (QED) is 0.0143. The van der Waals surface area contributed by atoms with Crippen molar-refractivity contribution >= 4 is 74.4 Å². The van der Waals surface area contributed by atoms with Crippen molar-refractivity contribution in [1.82, 2.24) is 14.9 Å². The van der Waals surface area contributed by atoms with Gasteiger partial charge in [0.2, 0.25) is 5.60 Å². The highest BCUT2D eigenvalue weighted by Crippen LogP contribution is 2.46. The molecule has 0 fully saturated rings. The minimum absolute atomic E-state index is 0.0155. The lowest BCUT2D eigenvalue weighted by Gasteiger charge is -2.37. The van der Waals surface area contributed by atoms with Crippen LogP contribution in [0, 0.1) is 5.41 Å². The van der Waals surface area contributed by atoms with Gasteiger partial charge >= 0.3 is 41.9 Å². The highest BCUT2D eigenvalue weighted by Gasteiger charge is 2.51. The number of rotatable bonds is 49. The Kier molecular flexibility index (Phi) is 34.8. The number of hydrogen-bond acceptors (Lipinski definition) is 26. The number of aryl methyl sites for hydroxylation is 1. The number of phosphoric acid groups is 2. The smallest absolute Gasteiger partial charge is 0.488 e. The van der Waals surface area contributed by atoms with Gasteiger partial charge in [-0.05, 0) is 100 Å². The molecular weight excluding hydrogens is 1280 g/mol. The number of nitrogens with one attached hydrogen (secondary N) is 1. The van der Waals surface area contributed by atoms with Gasteiger partial charge in [0.1, 0.15) is 12.4 Å². The molecule has 5 rings (SSSR count). The van der Waals surface area contributed by atoms with Crippen LogP contribution in [0.3, 0.4) is 0 Å². The Labute approximate surface area is 533 Å². The molecular formula is C57H88N3O25P3S2. The molecule has 2 aliphatic heterocycles. The van der Waals surface area contributed by atoms with Crippen LogP contribution < -0.4 is 20.5 Å². The Balaban J connectivity index is 0.869. The second kappa shape index (κ2) is 40.6. The minimum atomic E-state index is -4.65. The maximum absolute atomic E-state index is 14.1. The van der Waals surface area contributed by atoms with Crippen molar-refractivity contribution in [3.05, 3.63) is 56.9 Å². The molecule has 28 nitrogen and oxygen atoms in total. The number of carbonyl (C=O) groups is 3. The van der Waals surface area contributed by atoms with Gasteiger partial charge in [-0.3, -0.25) is 27.7 Å². The summed E-state index contributed by atoms with van der Waals surface area (Å²) < 4.78 is 112. The van der Waals surface area contributed by atoms with Gasteiger partial charge in [0.05, 0.1) is 134 Å². The number of phosphoric ester groups is 2. The number of carbonyl (C=O) groups excluding carboxylic acids is 3. The Bertz CT molecular complexity index is 2900. The van der Waals surface area contributed by atoms with Crippen molar-refractivity contribution in [2.75, 3.05) is 130 Å². The van der Waals surface area contributed by atoms with Crippen LogP contribution in [0.2, 0.25) is 0 Å². The van der Waals surface area contributed by atoms with E-state index in [2.05, 4.69) is 5.32 Å². The molecule has 4 N–H and O–H groups in total. The summed E-state index contributed by atoms with van der Waals surface area (Å²) in [5.41, 5.74) is 0.548. The molecule has 0 bridgehead atoms. The van der Waals surface area contributed by atoms with E-state index in [-0.39, 0.29) is 141 Å². The summed E-state index contributed by atoms with van der Waals surface area (Å²) in [4.78, 5) is 89.8. The number of unbranched alkanes of at least 4 members (excludes halogenated alkanes) is 5. The van der Waals surface area contributed by atoms with E-state index < -0.39 is 65.7 Å². The van der Waals surface area contributed by atoms with Crippen LogP contribution in [-0.2, 0) is 109 Å². The topological polar surface area (TPSA) is 362 Å². The number of aliphatic hydroxyl groups is 1. The molecule has 508 valence electrons. The fourth-order valence-corrected chi connectivity index (χ4v) is 13.2. The fraction of sp³-hybridized carbons (Fsp3) is 0.702. The Morgan fingerprint density at radius 3 is 1.91 bits per heavy atom. The first-order chi connectivity index (χ1) is 43.1. The summed E-state index contributed by atoms with van der Waals surface area (Å²) in [6, 6.07) is 6.65. The molecule has 0 spiro atoms. The first-order valence-electron chi connectivity index (χ1n) is 30.1. The zero-order valence-corrected chi connectivity index (χ0v) is 56.2. The minimum Gasteiger partial charge on any atom is -0.566 e. The van der Waals surface area contributed by atoms with Gasteiger partial charge < -0.3 is 72.3 Å². The third-order valence-corrected chi connectivity index (χ3v) is 18.7. The van der Waals surface area contributed by atoms with Crippen LogP contribution >= 0.6 is 45.5 Å². The maximum atomic E-state index is 14.1. The van der Waals surface area contributed by atoms with E-state index in [4.69, 9.17) is 75.3 Å². The number of fused-ring (bicyclic) bond motifs is 5. The van der Waals surface area contributed by atoms with Crippen LogP contribution in [0.4, 0.5) is 4.79 Å². The Morgan fingerprint density at radius 1 is 0.756 bits per heavy atom. The molecule has 0 radical (unpaired) electrons. The van der Waals surface area contributed by atoms with Crippen molar-refractivity contribution in [1.29, 1.82) is 0 Å².